The molecule has 0 amide bonds. The molecule has 8 heteroatoms. The molecular formula is C28H24O8. The molecule has 184 valence electrons. The van der Waals surface area contributed by atoms with Crippen molar-refractivity contribution in [1.29, 1.82) is 0 Å². The molecule has 0 saturated carbocycles. The lowest BCUT2D eigenvalue weighted by Crippen LogP contribution is -2.13. The Morgan fingerprint density at radius 3 is 2.44 bits per heavy atom. The van der Waals surface area contributed by atoms with Gasteiger partial charge in [-0.05, 0) is 47.5 Å². The van der Waals surface area contributed by atoms with E-state index in [0.29, 0.717) is 50.7 Å². The average molecular weight is 488 g/mol. The van der Waals surface area contributed by atoms with Gasteiger partial charge in [-0.3, -0.25) is 9.59 Å². The minimum atomic E-state index is -0.541. The largest absolute Gasteiger partial charge is 0.497 e. The maximum absolute atomic E-state index is 13.6. The van der Waals surface area contributed by atoms with E-state index in [1.807, 2.05) is 12.1 Å². The molecule has 0 radical (unpaired) electrons. The zero-order valence-corrected chi connectivity index (χ0v) is 20.0. The third-order valence-corrected chi connectivity index (χ3v) is 6.31. The predicted molar refractivity (Wildman–Crippen MR) is 132 cm³/mol. The van der Waals surface area contributed by atoms with Gasteiger partial charge in [-0.1, -0.05) is 18.2 Å². The van der Waals surface area contributed by atoms with Crippen molar-refractivity contribution < 1.29 is 32.9 Å². The van der Waals surface area contributed by atoms with Gasteiger partial charge in [0.25, 0.3) is 0 Å². The van der Waals surface area contributed by atoms with Gasteiger partial charge in [0.1, 0.15) is 23.3 Å². The summed E-state index contributed by atoms with van der Waals surface area (Å²) >= 11 is 0. The molecule has 8 nitrogen and oxygen atoms in total. The number of hydrogen-bond acceptors (Lipinski definition) is 8. The molecular weight excluding hydrogens is 464 g/mol. The fourth-order valence-electron chi connectivity index (χ4n) is 4.45. The molecule has 36 heavy (non-hydrogen) atoms. The van der Waals surface area contributed by atoms with Crippen LogP contribution in [0.15, 0.2) is 70.1 Å². The van der Waals surface area contributed by atoms with Gasteiger partial charge in [0, 0.05) is 11.5 Å². The first-order valence-corrected chi connectivity index (χ1v) is 11.3. The first kappa shape index (κ1) is 23.3. The molecule has 0 saturated heterocycles. The summed E-state index contributed by atoms with van der Waals surface area (Å²) < 4.78 is 32.9. The molecule has 5 rings (SSSR count). The summed E-state index contributed by atoms with van der Waals surface area (Å²) in [5, 5.41) is 0.370. The predicted octanol–water partition coefficient (Wildman–Crippen LogP) is 4.90. The van der Waals surface area contributed by atoms with Crippen molar-refractivity contribution in [1.82, 2.24) is 0 Å². The summed E-state index contributed by atoms with van der Waals surface area (Å²) in [5.74, 6) is 1.40. The smallest absolute Gasteiger partial charge is 0.306 e. The number of fused-ring (bicyclic) bond motifs is 2. The molecule has 0 fully saturated rings. The Labute approximate surface area is 206 Å². The van der Waals surface area contributed by atoms with Gasteiger partial charge in [0.05, 0.1) is 38.7 Å². The van der Waals surface area contributed by atoms with E-state index in [0.717, 1.165) is 5.56 Å². The Balaban J connectivity index is 1.70. The normalized spacial score (nSPS) is 12.9. The van der Waals surface area contributed by atoms with Crippen molar-refractivity contribution in [2.45, 2.75) is 12.3 Å². The lowest BCUT2D eigenvalue weighted by Gasteiger charge is -2.21. The summed E-state index contributed by atoms with van der Waals surface area (Å²) in [6.07, 6.45) is 1.43. The number of carbonyl (C=O) groups excluding carboxylic acids is 1. The summed E-state index contributed by atoms with van der Waals surface area (Å²) in [6, 6.07) is 16.0. The zero-order chi connectivity index (χ0) is 25.2. The second kappa shape index (κ2) is 9.65. The molecule has 2 heterocycles. The molecule has 1 aromatic heterocycles. The Morgan fingerprint density at radius 2 is 1.72 bits per heavy atom. The minimum absolute atomic E-state index is 0.00441. The molecule has 0 bridgehead atoms. The molecule has 0 unspecified atom stereocenters. The summed E-state index contributed by atoms with van der Waals surface area (Å²) in [5.41, 5.74) is 2.57. The molecule has 3 aromatic carbocycles. The maximum atomic E-state index is 13.6. The third kappa shape index (κ3) is 4.11. The van der Waals surface area contributed by atoms with Crippen LogP contribution in [0.25, 0.3) is 22.1 Å². The highest BCUT2D eigenvalue weighted by atomic mass is 16.7. The second-order valence-corrected chi connectivity index (χ2v) is 8.21. The summed E-state index contributed by atoms with van der Waals surface area (Å²) in [4.78, 5) is 26.0. The number of benzene rings is 3. The molecule has 0 spiro atoms. The van der Waals surface area contributed by atoms with E-state index < -0.39 is 11.9 Å². The van der Waals surface area contributed by atoms with E-state index in [9.17, 15) is 9.59 Å². The van der Waals surface area contributed by atoms with Gasteiger partial charge in [-0.25, -0.2) is 0 Å². The summed E-state index contributed by atoms with van der Waals surface area (Å²) in [6.45, 7) is 0.126. The fraction of sp³-hybridized carbons (Fsp3) is 0.214. The number of rotatable bonds is 7. The highest BCUT2D eigenvalue weighted by Crippen LogP contribution is 2.43. The maximum Gasteiger partial charge on any atom is 0.306 e. The van der Waals surface area contributed by atoms with Crippen LogP contribution in [0.1, 0.15) is 23.5 Å². The van der Waals surface area contributed by atoms with E-state index in [-0.39, 0.29) is 18.6 Å². The first-order chi connectivity index (χ1) is 17.5. The van der Waals surface area contributed by atoms with E-state index in [1.165, 1.54) is 20.5 Å². The third-order valence-electron chi connectivity index (χ3n) is 6.31. The van der Waals surface area contributed by atoms with Gasteiger partial charge in [-0.15, -0.1) is 0 Å². The van der Waals surface area contributed by atoms with Gasteiger partial charge in [0.2, 0.25) is 12.2 Å². The van der Waals surface area contributed by atoms with Crippen LogP contribution in [0.4, 0.5) is 0 Å². The lowest BCUT2D eigenvalue weighted by atomic mass is 9.86. The average Bonchev–Trinajstić information content (AvgIpc) is 3.39. The van der Waals surface area contributed by atoms with E-state index >= 15 is 0 Å². The van der Waals surface area contributed by atoms with E-state index in [2.05, 4.69) is 0 Å². The Bertz CT molecular complexity index is 1490. The van der Waals surface area contributed by atoms with Crippen LogP contribution >= 0.6 is 0 Å². The molecule has 1 atom stereocenters. The van der Waals surface area contributed by atoms with Crippen molar-refractivity contribution >= 4 is 16.9 Å². The Hall–Kier alpha value is -4.46. The van der Waals surface area contributed by atoms with Crippen molar-refractivity contribution in [2.24, 2.45) is 0 Å². The molecule has 4 aromatic rings. The van der Waals surface area contributed by atoms with Crippen LogP contribution in [0.5, 0.6) is 23.0 Å². The Kier molecular flexibility index (Phi) is 6.25. The molecule has 1 aliphatic heterocycles. The van der Waals surface area contributed by atoms with Crippen molar-refractivity contribution in [3.63, 3.8) is 0 Å². The highest BCUT2D eigenvalue weighted by Gasteiger charge is 2.28. The number of carbonyl (C=O) groups is 1. The number of esters is 1. The van der Waals surface area contributed by atoms with Gasteiger partial charge in [-0.2, -0.15) is 0 Å². The van der Waals surface area contributed by atoms with Crippen LogP contribution in [0, 0.1) is 0 Å². The van der Waals surface area contributed by atoms with Crippen LogP contribution in [-0.4, -0.2) is 34.1 Å². The van der Waals surface area contributed by atoms with Crippen molar-refractivity contribution in [3.8, 4) is 34.1 Å². The summed E-state index contributed by atoms with van der Waals surface area (Å²) in [7, 11) is 4.45. The lowest BCUT2D eigenvalue weighted by molar-refractivity contribution is -0.140. The second-order valence-electron chi connectivity index (χ2n) is 8.21. The van der Waals surface area contributed by atoms with E-state index in [4.69, 9.17) is 28.1 Å². The molecule has 0 N–H and O–H groups in total. The fourth-order valence-corrected chi connectivity index (χ4v) is 4.45. The highest BCUT2D eigenvalue weighted by molar-refractivity contribution is 5.87. The van der Waals surface area contributed by atoms with E-state index in [1.54, 1.807) is 49.6 Å². The molecule has 1 aliphatic rings. The quantitative estimate of drug-likeness (QED) is 0.339. The van der Waals surface area contributed by atoms with Crippen LogP contribution < -0.4 is 24.4 Å². The number of hydrogen-bond donors (Lipinski definition) is 0. The minimum Gasteiger partial charge on any atom is -0.497 e. The first-order valence-electron chi connectivity index (χ1n) is 11.3. The van der Waals surface area contributed by atoms with Crippen molar-refractivity contribution in [3.05, 3.63) is 82.2 Å². The van der Waals surface area contributed by atoms with Gasteiger partial charge >= 0.3 is 5.97 Å². The monoisotopic (exact) mass is 488 g/mol. The Morgan fingerprint density at radius 1 is 0.944 bits per heavy atom. The zero-order valence-electron chi connectivity index (χ0n) is 20.0. The van der Waals surface area contributed by atoms with Gasteiger partial charge < -0.3 is 28.1 Å². The SMILES string of the molecule is COC(=O)C[C@H](c1ccc2c(c1)OCO2)c1c(OC)ccc2c(=O)c(-c3ccc(OC)cc3)coc12. The number of ether oxygens (including phenoxy) is 5. The standard InChI is InChI=1S/C28H24O8/c1-31-18-7-4-16(5-8-18)21-14-34-28-19(27(21)30)9-11-23(32-2)26(28)20(13-25(29)33-3)17-6-10-22-24(12-17)36-15-35-22/h4-12,14,20H,13,15H2,1-3H3/t20-/m1/s1. The topological polar surface area (TPSA) is 93.4 Å². The number of methoxy groups -OCH3 is 3. The van der Waals surface area contributed by atoms with Crippen LogP contribution in [0.3, 0.4) is 0 Å². The van der Waals surface area contributed by atoms with Crippen LogP contribution in [0.2, 0.25) is 0 Å². The van der Waals surface area contributed by atoms with Crippen molar-refractivity contribution in [2.75, 3.05) is 28.1 Å². The van der Waals surface area contributed by atoms with Gasteiger partial charge in [0.15, 0.2) is 11.5 Å². The molecule has 0 aliphatic carbocycles. The van der Waals surface area contributed by atoms with Crippen LogP contribution in [-0.2, 0) is 9.53 Å².